The molecule has 0 saturated heterocycles. The predicted molar refractivity (Wildman–Crippen MR) is 67.8 cm³/mol. The van der Waals surface area contributed by atoms with Crippen molar-refractivity contribution >= 4 is 17.4 Å². The van der Waals surface area contributed by atoms with Crippen molar-refractivity contribution in [2.45, 2.75) is 13.3 Å². The molecule has 0 radical (unpaired) electrons. The molecule has 1 aromatic carbocycles. The number of ether oxygens (including phenoxy) is 2. The van der Waals surface area contributed by atoms with Crippen LogP contribution in [0.2, 0.25) is 0 Å². The van der Waals surface area contributed by atoms with Gasteiger partial charge in [-0.05, 0) is 43.3 Å². The lowest BCUT2D eigenvalue weighted by molar-refractivity contribution is 0.310. The number of methoxy groups -OCH3 is 1. The second kappa shape index (κ2) is 6.99. The maximum absolute atomic E-state index is 5.48. The van der Waals surface area contributed by atoms with Gasteiger partial charge in [0.1, 0.15) is 0 Å². The first-order valence-electron chi connectivity index (χ1n) is 5.15. The van der Waals surface area contributed by atoms with Crippen molar-refractivity contribution in [3.63, 3.8) is 0 Å². The molecule has 0 atom stereocenters. The first kappa shape index (κ1) is 12.7. The summed E-state index contributed by atoms with van der Waals surface area (Å²) in [5, 5.41) is 2.35. The fourth-order valence-corrected chi connectivity index (χ4v) is 1.47. The van der Waals surface area contributed by atoms with E-state index in [1.165, 1.54) is 0 Å². The Morgan fingerprint density at radius 3 is 2.81 bits per heavy atom. The van der Waals surface area contributed by atoms with Gasteiger partial charge in [0.05, 0.1) is 25.4 Å². The molecule has 3 nitrogen and oxygen atoms in total. The summed E-state index contributed by atoms with van der Waals surface area (Å²) >= 11 is 4.51. The minimum atomic E-state index is 0.623. The Kier molecular flexibility index (Phi) is 5.54. The Morgan fingerprint density at radius 2 is 2.19 bits per heavy atom. The number of hydrogen-bond donors (Lipinski definition) is 0. The number of thiocarbonyl (C=S) groups is 1. The van der Waals surface area contributed by atoms with Crippen molar-refractivity contribution in [1.29, 1.82) is 0 Å². The molecule has 0 aliphatic carbocycles. The van der Waals surface area contributed by atoms with Gasteiger partial charge in [0, 0.05) is 0 Å². The molecule has 0 saturated carbocycles. The molecule has 0 aromatic heterocycles. The van der Waals surface area contributed by atoms with E-state index in [0.717, 1.165) is 23.5 Å². The van der Waals surface area contributed by atoms with Gasteiger partial charge in [-0.3, -0.25) is 0 Å². The van der Waals surface area contributed by atoms with Gasteiger partial charge in [0.2, 0.25) is 0 Å². The van der Waals surface area contributed by atoms with E-state index in [9.17, 15) is 0 Å². The summed E-state index contributed by atoms with van der Waals surface area (Å²) in [6.07, 6.45) is 0.827. The lowest BCUT2D eigenvalue weighted by Gasteiger charge is -2.10. The maximum atomic E-state index is 5.48. The van der Waals surface area contributed by atoms with E-state index < -0.39 is 0 Å². The quantitative estimate of drug-likeness (QED) is 0.563. The summed E-state index contributed by atoms with van der Waals surface area (Å²) < 4.78 is 10.7. The van der Waals surface area contributed by atoms with E-state index >= 15 is 0 Å². The highest BCUT2D eigenvalue weighted by molar-refractivity contribution is 7.78. The molecule has 0 aliphatic rings. The van der Waals surface area contributed by atoms with Gasteiger partial charge in [-0.25, -0.2) is 4.99 Å². The molecular weight excluding hydrogens is 222 g/mol. The molecule has 1 aromatic rings. The summed E-state index contributed by atoms with van der Waals surface area (Å²) in [4.78, 5) is 3.88. The van der Waals surface area contributed by atoms with Crippen molar-refractivity contribution in [3.8, 4) is 11.5 Å². The Balaban J connectivity index is 2.79. The van der Waals surface area contributed by atoms with Crippen LogP contribution in [0.15, 0.2) is 23.2 Å². The van der Waals surface area contributed by atoms with Crippen molar-refractivity contribution < 1.29 is 9.47 Å². The van der Waals surface area contributed by atoms with E-state index in [1.807, 2.05) is 25.1 Å². The third-order valence-corrected chi connectivity index (χ3v) is 2.23. The normalized spacial score (nSPS) is 9.38. The molecule has 0 spiro atoms. The first-order chi connectivity index (χ1) is 7.81. The average molecular weight is 237 g/mol. The van der Waals surface area contributed by atoms with E-state index in [2.05, 4.69) is 22.4 Å². The van der Waals surface area contributed by atoms with Gasteiger partial charge < -0.3 is 9.47 Å². The second-order valence-electron chi connectivity index (χ2n) is 3.14. The van der Waals surface area contributed by atoms with Gasteiger partial charge >= 0.3 is 0 Å². The van der Waals surface area contributed by atoms with Crippen molar-refractivity contribution in [2.75, 3.05) is 20.3 Å². The molecule has 16 heavy (non-hydrogen) atoms. The fraction of sp³-hybridized carbons (Fsp3) is 0.417. The van der Waals surface area contributed by atoms with Crippen LogP contribution in [0.3, 0.4) is 0 Å². The van der Waals surface area contributed by atoms with Crippen LogP contribution in [0, 0.1) is 0 Å². The van der Waals surface area contributed by atoms with Crippen LogP contribution in [0.4, 0.5) is 0 Å². The molecule has 86 valence electrons. The van der Waals surface area contributed by atoms with Gasteiger partial charge in [-0.2, -0.15) is 0 Å². The second-order valence-corrected chi connectivity index (χ2v) is 3.32. The highest BCUT2D eigenvalue weighted by Gasteiger charge is 2.04. The lowest BCUT2D eigenvalue weighted by Crippen LogP contribution is -1.97. The van der Waals surface area contributed by atoms with Crippen LogP contribution in [-0.2, 0) is 6.42 Å². The van der Waals surface area contributed by atoms with Crippen molar-refractivity contribution in [2.24, 2.45) is 4.99 Å². The largest absolute Gasteiger partial charge is 0.493 e. The Morgan fingerprint density at radius 1 is 1.38 bits per heavy atom. The number of rotatable bonds is 6. The minimum Gasteiger partial charge on any atom is -0.493 e. The smallest absolute Gasteiger partial charge is 0.161 e. The molecule has 0 fully saturated rings. The van der Waals surface area contributed by atoms with Crippen LogP contribution >= 0.6 is 12.2 Å². The molecule has 0 unspecified atom stereocenters. The molecule has 4 heteroatoms. The van der Waals surface area contributed by atoms with Crippen molar-refractivity contribution in [1.82, 2.24) is 0 Å². The summed E-state index contributed by atoms with van der Waals surface area (Å²) in [5.41, 5.74) is 1.15. The molecule has 1 rings (SSSR count). The number of nitrogens with zero attached hydrogens (tertiary/aromatic N) is 1. The molecule has 0 N–H and O–H groups in total. The van der Waals surface area contributed by atoms with Crippen LogP contribution in [0.1, 0.15) is 12.5 Å². The summed E-state index contributed by atoms with van der Waals surface area (Å²) in [6.45, 7) is 3.22. The highest BCUT2D eigenvalue weighted by Crippen LogP contribution is 2.28. The number of benzene rings is 1. The fourth-order valence-electron chi connectivity index (χ4n) is 1.38. The van der Waals surface area contributed by atoms with E-state index in [1.54, 1.807) is 7.11 Å². The van der Waals surface area contributed by atoms with E-state index in [0.29, 0.717) is 13.2 Å². The predicted octanol–water partition coefficient (Wildman–Crippen LogP) is 2.74. The Hall–Kier alpha value is -1.38. The van der Waals surface area contributed by atoms with Crippen LogP contribution < -0.4 is 9.47 Å². The molecule has 0 heterocycles. The van der Waals surface area contributed by atoms with Crippen LogP contribution in [0.5, 0.6) is 11.5 Å². The summed E-state index contributed by atoms with van der Waals surface area (Å²) in [7, 11) is 1.63. The maximum Gasteiger partial charge on any atom is 0.161 e. The SMILES string of the molecule is CCOc1cc(CCN=C=S)ccc1OC. The number of isothiocyanates is 1. The standard InChI is InChI=1S/C12H15NO2S/c1-3-15-12-8-10(6-7-13-9-16)4-5-11(12)14-2/h4-5,8H,3,6-7H2,1-2H3. The monoisotopic (exact) mass is 237 g/mol. The summed E-state index contributed by atoms with van der Waals surface area (Å²) in [6, 6.07) is 5.88. The zero-order chi connectivity index (χ0) is 11.8. The van der Waals surface area contributed by atoms with Crippen LogP contribution in [-0.4, -0.2) is 25.4 Å². The van der Waals surface area contributed by atoms with Gasteiger partial charge in [0.25, 0.3) is 0 Å². The molecular formula is C12H15NO2S. The molecule has 0 bridgehead atoms. The number of hydrogen-bond acceptors (Lipinski definition) is 4. The number of aliphatic imine (C=N–C) groups is 1. The molecule has 0 amide bonds. The zero-order valence-corrected chi connectivity index (χ0v) is 10.3. The Bertz CT molecular complexity index is 387. The minimum absolute atomic E-state index is 0.623. The van der Waals surface area contributed by atoms with E-state index in [4.69, 9.17) is 9.47 Å². The van der Waals surface area contributed by atoms with Gasteiger partial charge in [-0.15, -0.1) is 0 Å². The Labute approximate surface area is 101 Å². The van der Waals surface area contributed by atoms with Gasteiger partial charge in [-0.1, -0.05) is 6.07 Å². The highest BCUT2D eigenvalue weighted by atomic mass is 32.1. The average Bonchev–Trinajstić information content (AvgIpc) is 2.30. The third-order valence-electron chi connectivity index (χ3n) is 2.10. The topological polar surface area (TPSA) is 30.8 Å². The van der Waals surface area contributed by atoms with Crippen molar-refractivity contribution in [3.05, 3.63) is 23.8 Å². The summed E-state index contributed by atoms with van der Waals surface area (Å²) in [5.74, 6) is 1.53. The first-order valence-corrected chi connectivity index (χ1v) is 5.56. The third kappa shape index (κ3) is 3.65. The molecule has 0 aliphatic heterocycles. The lowest BCUT2D eigenvalue weighted by atomic mass is 10.1. The van der Waals surface area contributed by atoms with Crippen LogP contribution in [0.25, 0.3) is 0 Å². The van der Waals surface area contributed by atoms with E-state index in [-0.39, 0.29) is 0 Å². The zero-order valence-electron chi connectivity index (χ0n) is 9.53. The van der Waals surface area contributed by atoms with Gasteiger partial charge in [0.15, 0.2) is 11.5 Å².